The molecule has 0 bridgehead atoms. The van der Waals surface area contributed by atoms with Gasteiger partial charge in [0.1, 0.15) is 0 Å². The molecule has 1 fully saturated rings. The first-order chi connectivity index (χ1) is 6.94. The fourth-order valence-corrected chi connectivity index (χ4v) is 2.31. The minimum absolute atomic E-state index is 0.234. The molecule has 0 aliphatic carbocycles. The molecule has 3 heteroatoms. The molecule has 0 saturated carbocycles. The Labute approximate surface area is 93.1 Å². The van der Waals surface area contributed by atoms with E-state index in [2.05, 4.69) is 4.90 Å². The molecule has 1 rings (SSSR count). The van der Waals surface area contributed by atoms with E-state index in [0.29, 0.717) is 6.04 Å². The first kappa shape index (κ1) is 12.9. The number of likely N-dealkylation sites (tertiary alicyclic amines) is 1. The van der Waals surface area contributed by atoms with E-state index in [0.717, 1.165) is 32.4 Å². The van der Waals surface area contributed by atoms with Gasteiger partial charge in [-0.05, 0) is 46.1 Å². The molecule has 3 nitrogen and oxygen atoms in total. The lowest BCUT2D eigenvalue weighted by Crippen LogP contribution is -2.43. The topological polar surface area (TPSA) is 43.7 Å². The molecular formula is C12H25NO2. The normalized spacial score (nSPS) is 29.0. The van der Waals surface area contributed by atoms with Crippen molar-refractivity contribution in [1.29, 1.82) is 0 Å². The molecule has 15 heavy (non-hydrogen) atoms. The van der Waals surface area contributed by atoms with Gasteiger partial charge in [0.05, 0.1) is 11.7 Å². The van der Waals surface area contributed by atoms with Crippen molar-refractivity contribution < 1.29 is 10.2 Å². The number of aliphatic hydroxyl groups is 2. The van der Waals surface area contributed by atoms with Crippen LogP contribution in [0.25, 0.3) is 0 Å². The van der Waals surface area contributed by atoms with Crippen molar-refractivity contribution in [2.75, 3.05) is 13.1 Å². The van der Waals surface area contributed by atoms with E-state index in [9.17, 15) is 10.2 Å². The van der Waals surface area contributed by atoms with Crippen LogP contribution in [0, 0.1) is 0 Å². The molecule has 2 N–H and O–H groups in total. The Morgan fingerprint density at radius 1 is 1.53 bits per heavy atom. The highest BCUT2D eigenvalue weighted by molar-refractivity contribution is 4.85. The fraction of sp³-hybridized carbons (Fsp3) is 1.00. The molecule has 1 aliphatic rings. The van der Waals surface area contributed by atoms with E-state index in [1.165, 1.54) is 6.42 Å². The summed E-state index contributed by atoms with van der Waals surface area (Å²) in [5, 5.41) is 19.4. The van der Waals surface area contributed by atoms with Gasteiger partial charge >= 0.3 is 0 Å². The minimum Gasteiger partial charge on any atom is -0.393 e. The smallest absolute Gasteiger partial charge is 0.0743 e. The second-order valence-electron chi connectivity index (χ2n) is 5.20. The summed E-state index contributed by atoms with van der Waals surface area (Å²) in [5.74, 6) is 0. The number of nitrogens with zero attached hydrogens (tertiary/aromatic N) is 1. The molecular weight excluding hydrogens is 190 g/mol. The Kier molecular flexibility index (Phi) is 4.56. The molecule has 0 aromatic rings. The standard InChI is InChI=1S/C12H25NO2/c1-4-12(3,15)9-13-7-5-6-11(13)8-10(2)14/h10-11,14-15H,4-9H2,1-3H3. The maximum absolute atomic E-state index is 10.0. The van der Waals surface area contributed by atoms with Crippen molar-refractivity contribution in [3.63, 3.8) is 0 Å². The predicted molar refractivity (Wildman–Crippen MR) is 61.8 cm³/mol. The maximum Gasteiger partial charge on any atom is 0.0743 e. The van der Waals surface area contributed by atoms with Crippen LogP contribution in [0.5, 0.6) is 0 Å². The van der Waals surface area contributed by atoms with Gasteiger partial charge in [0.25, 0.3) is 0 Å². The van der Waals surface area contributed by atoms with E-state index < -0.39 is 5.60 Å². The van der Waals surface area contributed by atoms with Crippen LogP contribution in [0.4, 0.5) is 0 Å². The number of hydrogen-bond donors (Lipinski definition) is 2. The summed E-state index contributed by atoms with van der Waals surface area (Å²) in [6.45, 7) is 7.55. The Bertz CT molecular complexity index is 192. The van der Waals surface area contributed by atoms with Crippen LogP contribution >= 0.6 is 0 Å². The summed E-state index contributed by atoms with van der Waals surface area (Å²) in [4.78, 5) is 2.33. The van der Waals surface area contributed by atoms with Crippen molar-refractivity contribution in [3.8, 4) is 0 Å². The predicted octanol–water partition coefficient (Wildman–Crippen LogP) is 1.38. The summed E-state index contributed by atoms with van der Waals surface area (Å²) in [5.41, 5.74) is -0.582. The van der Waals surface area contributed by atoms with Gasteiger partial charge in [-0.2, -0.15) is 0 Å². The van der Waals surface area contributed by atoms with Crippen LogP contribution in [0.15, 0.2) is 0 Å². The van der Waals surface area contributed by atoms with Crippen molar-refractivity contribution >= 4 is 0 Å². The van der Waals surface area contributed by atoms with Crippen molar-refractivity contribution in [2.45, 2.75) is 64.2 Å². The molecule has 0 amide bonds. The van der Waals surface area contributed by atoms with E-state index in [-0.39, 0.29) is 6.10 Å². The maximum atomic E-state index is 10.0. The Balaban J connectivity index is 2.46. The zero-order valence-electron chi connectivity index (χ0n) is 10.2. The van der Waals surface area contributed by atoms with Gasteiger partial charge in [-0.25, -0.2) is 0 Å². The molecule has 0 radical (unpaired) electrons. The van der Waals surface area contributed by atoms with Crippen LogP contribution in [-0.2, 0) is 0 Å². The third kappa shape index (κ3) is 4.09. The summed E-state index contributed by atoms with van der Waals surface area (Å²) in [6.07, 6.45) is 3.73. The molecule has 0 aromatic carbocycles. The van der Waals surface area contributed by atoms with Gasteiger partial charge in [-0.1, -0.05) is 6.92 Å². The van der Waals surface area contributed by atoms with E-state index in [4.69, 9.17) is 0 Å². The molecule has 3 atom stereocenters. The first-order valence-corrected chi connectivity index (χ1v) is 6.09. The lowest BCUT2D eigenvalue weighted by molar-refractivity contribution is 0.00670. The molecule has 1 aliphatic heterocycles. The van der Waals surface area contributed by atoms with Crippen molar-refractivity contribution in [3.05, 3.63) is 0 Å². The van der Waals surface area contributed by atoms with Gasteiger partial charge in [0, 0.05) is 12.6 Å². The minimum atomic E-state index is -0.582. The molecule has 1 heterocycles. The molecule has 1 saturated heterocycles. The average Bonchev–Trinajstić information content (AvgIpc) is 2.51. The van der Waals surface area contributed by atoms with Crippen molar-refractivity contribution in [2.24, 2.45) is 0 Å². The SMILES string of the molecule is CCC(C)(O)CN1CCCC1CC(C)O. The molecule has 0 aromatic heterocycles. The highest BCUT2D eigenvalue weighted by Gasteiger charge is 2.30. The third-order valence-corrected chi connectivity index (χ3v) is 3.42. The van der Waals surface area contributed by atoms with Crippen LogP contribution in [0.1, 0.15) is 46.5 Å². The van der Waals surface area contributed by atoms with Crippen LogP contribution in [-0.4, -0.2) is 45.9 Å². The number of β-amino-alcohol motifs (C(OH)–C–C–N with tert-alkyl or cyclic N) is 1. The van der Waals surface area contributed by atoms with Gasteiger partial charge < -0.3 is 10.2 Å². The number of aliphatic hydroxyl groups excluding tert-OH is 1. The lowest BCUT2D eigenvalue weighted by Gasteiger charge is -2.32. The van der Waals surface area contributed by atoms with E-state index in [1.54, 1.807) is 0 Å². The quantitative estimate of drug-likeness (QED) is 0.728. The Morgan fingerprint density at radius 3 is 2.73 bits per heavy atom. The van der Waals surface area contributed by atoms with Gasteiger partial charge in [0.15, 0.2) is 0 Å². The number of hydrogen-bond acceptors (Lipinski definition) is 3. The highest BCUT2D eigenvalue weighted by atomic mass is 16.3. The summed E-state index contributed by atoms with van der Waals surface area (Å²) in [7, 11) is 0. The zero-order chi connectivity index (χ0) is 11.5. The summed E-state index contributed by atoms with van der Waals surface area (Å²) in [6, 6.07) is 0.461. The highest BCUT2D eigenvalue weighted by Crippen LogP contribution is 2.24. The van der Waals surface area contributed by atoms with Gasteiger partial charge in [0.2, 0.25) is 0 Å². The van der Waals surface area contributed by atoms with E-state index in [1.807, 2.05) is 20.8 Å². The lowest BCUT2D eigenvalue weighted by atomic mass is 10.0. The van der Waals surface area contributed by atoms with Crippen LogP contribution in [0.2, 0.25) is 0 Å². The second-order valence-corrected chi connectivity index (χ2v) is 5.20. The summed E-state index contributed by atoms with van der Waals surface area (Å²) >= 11 is 0. The second kappa shape index (κ2) is 5.28. The molecule has 90 valence electrons. The Hall–Kier alpha value is -0.120. The summed E-state index contributed by atoms with van der Waals surface area (Å²) < 4.78 is 0. The van der Waals surface area contributed by atoms with Crippen LogP contribution in [0.3, 0.4) is 0 Å². The van der Waals surface area contributed by atoms with Crippen molar-refractivity contribution in [1.82, 2.24) is 4.90 Å². The first-order valence-electron chi connectivity index (χ1n) is 6.09. The fourth-order valence-electron chi connectivity index (χ4n) is 2.31. The van der Waals surface area contributed by atoms with E-state index >= 15 is 0 Å². The van der Waals surface area contributed by atoms with Gasteiger partial charge in [-0.3, -0.25) is 4.90 Å². The van der Waals surface area contributed by atoms with Gasteiger partial charge in [-0.15, -0.1) is 0 Å². The Morgan fingerprint density at radius 2 is 2.20 bits per heavy atom. The number of rotatable bonds is 5. The third-order valence-electron chi connectivity index (χ3n) is 3.42. The monoisotopic (exact) mass is 215 g/mol. The largest absolute Gasteiger partial charge is 0.393 e. The van der Waals surface area contributed by atoms with Crippen LogP contribution < -0.4 is 0 Å². The molecule has 3 unspecified atom stereocenters. The average molecular weight is 215 g/mol. The molecule has 0 spiro atoms. The zero-order valence-corrected chi connectivity index (χ0v) is 10.2.